The Morgan fingerprint density at radius 1 is 0.667 bits per heavy atom. The molecule has 0 fully saturated rings. The number of unbranched alkanes of at least 4 members (excludes halogenated alkanes) is 13. The zero-order valence-electron chi connectivity index (χ0n) is 21.6. The maximum atomic E-state index is 12.0. The molecule has 0 aliphatic heterocycles. The van der Waals surface area contributed by atoms with Crippen molar-refractivity contribution < 1.29 is 19.1 Å². The number of carbonyl (C=O) groups excluding carboxylic acids is 2. The molecule has 33 heavy (non-hydrogen) atoms. The Morgan fingerprint density at radius 3 is 1.79 bits per heavy atom. The number of aryl methyl sites for hydroxylation is 1. The Hall–Kier alpha value is -1.84. The van der Waals surface area contributed by atoms with Crippen molar-refractivity contribution >= 4 is 11.9 Å². The quantitative estimate of drug-likeness (QED) is 0.111. The van der Waals surface area contributed by atoms with E-state index in [1.54, 1.807) is 0 Å². The lowest BCUT2D eigenvalue weighted by Gasteiger charge is -2.09. The van der Waals surface area contributed by atoms with E-state index in [2.05, 4.69) is 6.92 Å². The summed E-state index contributed by atoms with van der Waals surface area (Å²) in [5.74, 6) is 0.465. The molecule has 0 unspecified atom stereocenters. The summed E-state index contributed by atoms with van der Waals surface area (Å²) >= 11 is 0. The summed E-state index contributed by atoms with van der Waals surface area (Å²) in [6.45, 7) is 6.82. The van der Waals surface area contributed by atoms with Crippen molar-refractivity contribution in [2.45, 2.75) is 130 Å². The third-order valence-corrected chi connectivity index (χ3v) is 6.30. The fourth-order valence-corrected chi connectivity index (χ4v) is 3.93. The first-order valence-electron chi connectivity index (χ1n) is 13.5. The first kappa shape index (κ1) is 29.2. The molecule has 0 atom stereocenters. The monoisotopic (exact) mass is 460 g/mol. The molecule has 0 spiro atoms. The lowest BCUT2D eigenvalue weighted by molar-refractivity contribution is -0.144. The van der Waals surface area contributed by atoms with E-state index in [1.807, 2.05) is 32.0 Å². The molecule has 0 saturated carbocycles. The fourth-order valence-electron chi connectivity index (χ4n) is 3.93. The van der Waals surface area contributed by atoms with Gasteiger partial charge in [-0.15, -0.1) is 0 Å². The van der Waals surface area contributed by atoms with E-state index >= 15 is 0 Å². The van der Waals surface area contributed by atoms with Gasteiger partial charge >= 0.3 is 11.9 Å². The van der Waals surface area contributed by atoms with Crippen LogP contribution in [0.2, 0.25) is 0 Å². The van der Waals surface area contributed by atoms with Gasteiger partial charge in [0.25, 0.3) is 0 Å². The van der Waals surface area contributed by atoms with Gasteiger partial charge in [-0.2, -0.15) is 0 Å². The highest BCUT2D eigenvalue weighted by Gasteiger charge is 2.08. The summed E-state index contributed by atoms with van der Waals surface area (Å²) in [7, 11) is 0. The smallest absolute Gasteiger partial charge is 0.311 e. The summed E-state index contributed by atoms with van der Waals surface area (Å²) in [6.07, 6.45) is 18.4. The Labute approximate surface area is 202 Å². The molecule has 0 amide bonds. The van der Waals surface area contributed by atoms with E-state index in [4.69, 9.17) is 9.47 Å². The van der Waals surface area contributed by atoms with Gasteiger partial charge < -0.3 is 9.47 Å². The average Bonchev–Trinajstić information content (AvgIpc) is 2.80. The number of hydrogen-bond donors (Lipinski definition) is 0. The van der Waals surface area contributed by atoms with Gasteiger partial charge in [-0.05, 0) is 50.3 Å². The minimum atomic E-state index is -0.154. The third kappa shape index (κ3) is 15.6. The summed E-state index contributed by atoms with van der Waals surface area (Å²) in [5, 5.41) is 0. The number of hydrogen-bond acceptors (Lipinski definition) is 4. The van der Waals surface area contributed by atoms with Crippen molar-refractivity contribution in [1.82, 2.24) is 0 Å². The topological polar surface area (TPSA) is 52.6 Å². The fraction of sp³-hybridized carbons (Fsp3) is 0.724. The van der Waals surface area contributed by atoms with Gasteiger partial charge in [0, 0.05) is 12.8 Å². The molecule has 0 bridgehead atoms. The van der Waals surface area contributed by atoms with Crippen LogP contribution in [-0.4, -0.2) is 18.5 Å². The van der Waals surface area contributed by atoms with Gasteiger partial charge in [0.2, 0.25) is 0 Å². The second kappa shape index (κ2) is 19.6. The van der Waals surface area contributed by atoms with E-state index in [-0.39, 0.29) is 11.9 Å². The van der Waals surface area contributed by atoms with E-state index in [1.165, 1.54) is 51.4 Å². The van der Waals surface area contributed by atoms with Crippen LogP contribution in [0.15, 0.2) is 18.2 Å². The van der Waals surface area contributed by atoms with Crippen LogP contribution in [0.5, 0.6) is 5.75 Å². The third-order valence-electron chi connectivity index (χ3n) is 6.30. The lowest BCUT2D eigenvalue weighted by atomic mass is 10.1. The SMILES string of the molecule is CCCCCCCCCCCOC(=O)CCCCCCCCC(=O)Oc1cccc(C)c1C. The zero-order chi connectivity index (χ0) is 24.2. The minimum absolute atomic E-state index is 0.0521. The molecular weight excluding hydrogens is 412 g/mol. The van der Waals surface area contributed by atoms with E-state index in [0.717, 1.165) is 56.1 Å². The van der Waals surface area contributed by atoms with Crippen LogP contribution in [0.1, 0.15) is 127 Å². The predicted molar refractivity (Wildman–Crippen MR) is 137 cm³/mol. The van der Waals surface area contributed by atoms with Gasteiger partial charge in [0.15, 0.2) is 0 Å². The minimum Gasteiger partial charge on any atom is -0.466 e. The van der Waals surface area contributed by atoms with Crippen molar-refractivity contribution in [3.05, 3.63) is 29.3 Å². The van der Waals surface area contributed by atoms with Gasteiger partial charge in [0.1, 0.15) is 5.75 Å². The lowest BCUT2D eigenvalue weighted by Crippen LogP contribution is -2.08. The Kier molecular flexibility index (Phi) is 17.4. The Bertz CT molecular complexity index is 653. The second-order valence-electron chi connectivity index (χ2n) is 9.34. The van der Waals surface area contributed by atoms with Crippen LogP contribution in [0.4, 0.5) is 0 Å². The Morgan fingerprint density at radius 2 is 1.18 bits per heavy atom. The number of ether oxygens (including phenoxy) is 2. The zero-order valence-corrected chi connectivity index (χ0v) is 21.6. The predicted octanol–water partition coefficient (Wildman–Crippen LogP) is 8.40. The van der Waals surface area contributed by atoms with Crippen molar-refractivity contribution in [3.8, 4) is 5.75 Å². The van der Waals surface area contributed by atoms with Crippen molar-refractivity contribution in [3.63, 3.8) is 0 Å². The van der Waals surface area contributed by atoms with Crippen LogP contribution in [-0.2, 0) is 14.3 Å². The molecule has 0 saturated heterocycles. The van der Waals surface area contributed by atoms with Gasteiger partial charge in [0.05, 0.1) is 6.61 Å². The van der Waals surface area contributed by atoms with Crippen LogP contribution >= 0.6 is 0 Å². The number of carbonyl (C=O) groups is 2. The average molecular weight is 461 g/mol. The van der Waals surface area contributed by atoms with Crippen molar-refractivity contribution in [2.24, 2.45) is 0 Å². The maximum Gasteiger partial charge on any atom is 0.311 e. The molecule has 188 valence electrons. The van der Waals surface area contributed by atoms with Crippen molar-refractivity contribution in [1.29, 1.82) is 0 Å². The highest BCUT2D eigenvalue weighted by molar-refractivity contribution is 5.72. The molecule has 4 heteroatoms. The number of esters is 2. The maximum absolute atomic E-state index is 12.0. The van der Waals surface area contributed by atoms with Gasteiger partial charge in [-0.25, -0.2) is 0 Å². The molecular formula is C29H48O4. The van der Waals surface area contributed by atoms with Crippen LogP contribution in [0, 0.1) is 13.8 Å². The van der Waals surface area contributed by atoms with E-state index in [9.17, 15) is 9.59 Å². The number of benzene rings is 1. The largest absolute Gasteiger partial charge is 0.466 e. The molecule has 4 nitrogen and oxygen atoms in total. The molecule has 1 rings (SSSR count). The summed E-state index contributed by atoms with van der Waals surface area (Å²) in [4.78, 5) is 23.8. The molecule has 1 aromatic carbocycles. The number of rotatable bonds is 20. The van der Waals surface area contributed by atoms with Crippen LogP contribution in [0.25, 0.3) is 0 Å². The summed E-state index contributed by atoms with van der Waals surface area (Å²) in [5.41, 5.74) is 2.16. The van der Waals surface area contributed by atoms with Gasteiger partial charge in [-0.3, -0.25) is 9.59 Å². The Balaban J connectivity index is 1.87. The molecule has 0 N–H and O–H groups in total. The molecule has 0 aliphatic rings. The highest BCUT2D eigenvalue weighted by Crippen LogP contribution is 2.21. The van der Waals surface area contributed by atoms with Crippen molar-refractivity contribution in [2.75, 3.05) is 6.61 Å². The van der Waals surface area contributed by atoms with Crippen LogP contribution < -0.4 is 4.74 Å². The molecule has 0 aromatic heterocycles. The first-order valence-corrected chi connectivity index (χ1v) is 13.5. The highest BCUT2D eigenvalue weighted by atomic mass is 16.5. The second-order valence-corrected chi connectivity index (χ2v) is 9.34. The molecule has 0 radical (unpaired) electrons. The summed E-state index contributed by atoms with van der Waals surface area (Å²) < 4.78 is 10.8. The first-order chi connectivity index (χ1) is 16.0. The van der Waals surface area contributed by atoms with Crippen LogP contribution in [0.3, 0.4) is 0 Å². The van der Waals surface area contributed by atoms with E-state index < -0.39 is 0 Å². The summed E-state index contributed by atoms with van der Waals surface area (Å²) in [6, 6.07) is 5.78. The standard InChI is InChI=1S/C29H48O4/c1-4-5-6-7-8-9-12-15-18-24-32-28(30)22-16-13-10-11-14-17-23-29(31)33-27-21-19-20-25(2)26(27)3/h19-21H,4-18,22-24H2,1-3H3. The van der Waals surface area contributed by atoms with Gasteiger partial charge in [-0.1, -0.05) is 96.1 Å². The molecule has 1 aromatic rings. The van der Waals surface area contributed by atoms with E-state index in [0.29, 0.717) is 25.2 Å². The normalized spacial score (nSPS) is 10.9. The molecule has 0 heterocycles. The molecule has 0 aliphatic carbocycles.